The summed E-state index contributed by atoms with van der Waals surface area (Å²) in [6.45, 7) is 4.03. The van der Waals surface area contributed by atoms with E-state index in [4.69, 9.17) is 0 Å². The van der Waals surface area contributed by atoms with Crippen molar-refractivity contribution in [1.29, 1.82) is 0 Å². The Bertz CT molecular complexity index is 519. The van der Waals surface area contributed by atoms with Crippen LogP contribution in [0.25, 0.3) is 5.69 Å². The van der Waals surface area contributed by atoms with Crippen molar-refractivity contribution in [2.24, 2.45) is 0 Å². The monoisotopic (exact) mass is 234 g/mol. The molecule has 0 aliphatic heterocycles. The fourth-order valence-electron chi connectivity index (χ4n) is 1.64. The van der Waals surface area contributed by atoms with E-state index in [9.17, 15) is 4.39 Å². The Morgan fingerprint density at radius 1 is 1.29 bits per heavy atom. The predicted molar refractivity (Wildman–Crippen MR) is 63.4 cm³/mol. The van der Waals surface area contributed by atoms with Crippen molar-refractivity contribution in [2.75, 3.05) is 7.05 Å². The zero-order valence-corrected chi connectivity index (χ0v) is 10.1. The Labute approximate surface area is 99.5 Å². The quantitative estimate of drug-likeness (QED) is 0.881. The molecule has 0 unspecified atom stereocenters. The van der Waals surface area contributed by atoms with Crippen LogP contribution in [0.1, 0.15) is 19.5 Å². The third-order valence-electron chi connectivity index (χ3n) is 2.91. The van der Waals surface area contributed by atoms with E-state index in [0.717, 1.165) is 5.69 Å². The minimum atomic E-state index is -0.362. The average molecular weight is 234 g/mol. The van der Waals surface area contributed by atoms with Gasteiger partial charge in [0.15, 0.2) is 5.82 Å². The molecule has 0 spiro atoms. The Hall–Kier alpha value is -1.75. The molecule has 4 nitrogen and oxygen atoms in total. The van der Waals surface area contributed by atoms with Gasteiger partial charge in [-0.15, -0.1) is 0 Å². The Kier molecular flexibility index (Phi) is 2.93. The lowest BCUT2D eigenvalue weighted by Gasteiger charge is -2.25. The highest BCUT2D eigenvalue weighted by molar-refractivity contribution is 5.34. The van der Waals surface area contributed by atoms with Crippen molar-refractivity contribution in [3.05, 3.63) is 42.5 Å². The molecule has 0 aliphatic rings. The van der Waals surface area contributed by atoms with E-state index in [1.807, 2.05) is 20.9 Å². The third-order valence-corrected chi connectivity index (χ3v) is 2.91. The topological polar surface area (TPSA) is 42.7 Å². The van der Waals surface area contributed by atoms with Crippen LogP contribution in [-0.2, 0) is 5.54 Å². The second kappa shape index (κ2) is 4.25. The molecule has 0 aliphatic carbocycles. The molecular formula is C12H15FN4. The number of rotatable bonds is 3. The van der Waals surface area contributed by atoms with Crippen molar-refractivity contribution in [2.45, 2.75) is 19.4 Å². The molecule has 0 aromatic carbocycles. The summed E-state index contributed by atoms with van der Waals surface area (Å²) in [6.07, 6.45) is 6.10. The van der Waals surface area contributed by atoms with Gasteiger partial charge in [-0.1, -0.05) is 0 Å². The maximum absolute atomic E-state index is 13.7. The molecule has 0 fully saturated rings. The van der Waals surface area contributed by atoms with Crippen molar-refractivity contribution < 1.29 is 4.39 Å². The van der Waals surface area contributed by atoms with Gasteiger partial charge in [-0.25, -0.2) is 9.37 Å². The van der Waals surface area contributed by atoms with Crippen molar-refractivity contribution in [3.8, 4) is 5.69 Å². The van der Waals surface area contributed by atoms with Gasteiger partial charge in [0.2, 0.25) is 0 Å². The highest BCUT2D eigenvalue weighted by atomic mass is 19.1. The molecule has 2 heterocycles. The lowest BCUT2D eigenvalue weighted by Crippen LogP contribution is -2.35. The fraction of sp³-hybridized carbons (Fsp3) is 0.333. The first kappa shape index (κ1) is 11.7. The van der Waals surface area contributed by atoms with E-state index in [-0.39, 0.29) is 11.4 Å². The lowest BCUT2D eigenvalue weighted by molar-refractivity contribution is 0.423. The predicted octanol–water partition coefficient (Wildman–Crippen LogP) is 1.86. The first-order valence-corrected chi connectivity index (χ1v) is 5.38. The fourth-order valence-corrected chi connectivity index (χ4v) is 1.64. The highest BCUT2D eigenvalue weighted by Gasteiger charge is 2.23. The first-order chi connectivity index (χ1) is 8.06. The van der Waals surface area contributed by atoms with Crippen LogP contribution < -0.4 is 5.32 Å². The van der Waals surface area contributed by atoms with E-state index in [1.54, 1.807) is 29.4 Å². The molecule has 0 amide bonds. The zero-order valence-electron chi connectivity index (χ0n) is 10.1. The molecule has 0 bridgehead atoms. The highest BCUT2D eigenvalue weighted by Crippen LogP contribution is 2.23. The summed E-state index contributed by atoms with van der Waals surface area (Å²) < 4.78 is 15.4. The standard InChI is InChI=1S/C12H15FN4/c1-12(2,14-3)11-7-16-8-17(11)10-4-5-15-6-9(10)13/h4-8,14H,1-3H3. The van der Waals surface area contributed by atoms with Gasteiger partial charge in [0.05, 0.1) is 35.6 Å². The van der Waals surface area contributed by atoms with Gasteiger partial charge in [-0.3, -0.25) is 9.55 Å². The summed E-state index contributed by atoms with van der Waals surface area (Å²) in [5.41, 5.74) is 1.06. The van der Waals surface area contributed by atoms with Gasteiger partial charge in [-0.05, 0) is 27.0 Å². The van der Waals surface area contributed by atoms with Crippen LogP contribution in [0.2, 0.25) is 0 Å². The molecular weight excluding hydrogens is 219 g/mol. The largest absolute Gasteiger partial charge is 0.310 e. The summed E-state index contributed by atoms with van der Waals surface area (Å²) >= 11 is 0. The van der Waals surface area contributed by atoms with Gasteiger partial charge < -0.3 is 5.32 Å². The van der Waals surface area contributed by atoms with Crippen LogP contribution in [0.4, 0.5) is 4.39 Å². The molecule has 0 saturated heterocycles. The second-order valence-corrected chi connectivity index (χ2v) is 4.35. The number of hydrogen-bond donors (Lipinski definition) is 1. The molecule has 0 atom stereocenters. The normalized spacial score (nSPS) is 11.8. The van der Waals surface area contributed by atoms with Crippen LogP contribution in [0.15, 0.2) is 31.0 Å². The minimum absolute atomic E-state index is 0.286. The number of imidazole rings is 1. The van der Waals surface area contributed by atoms with Crippen LogP contribution in [0.3, 0.4) is 0 Å². The second-order valence-electron chi connectivity index (χ2n) is 4.35. The van der Waals surface area contributed by atoms with Gasteiger partial charge in [0, 0.05) is 6.20 Å². The molecule has 2 aromatic heterocycles. The van der Waals surface area contributed by atoms with E-state index in [1.165, 1.54) is 6.20 Å². The van der Waals surface area contributed by atoms with E-state index >= 15 is 0 Å². The van der Waals surface area contributed by atoms with Crippen LogP contribution in [-0.4, -0.2) is 21.6 Å². The Morgan fingerprint density at radius 3 is 2.71 bits per heavy atom. The smallest absolute Gasteiger partial charge is 0.165 e. The lowest BCUT2D eigenvalue weighted by atomic mass is 10.0. The molecule has 0 saturated carbocycles. The summed E-state index contributed by atoms with van der Waals surface area (Å²) in [6, 6.07) is 1.63. The van der Waals surface area contributed by atoms with Gasteiger partial charge in [0.25, 0.3) is 0 Å². The van der Waals surface area contributed by atoms with Crippen molar-refractivity contribution in [1.82, 2.24) is 19.9 Å². The third kappa shape index (κ3) is 2.06. The molecule has 17 heavy (non-hydrogen) atoms. The zero-order chi connectivity index (χ0) is 12.5. The number of nitrogens with zero attached hydrogens (tertiary/aromatic N) is 3. The number of hydrogen-bond acceptors (Lipinski definition) is 3. The molecule has 0 radical (unpaired) electrons. The summed E-state index contributed by atoms with van der Waals surface area (Å²) in [7, 11) is 1.86. The van der Waals surface area contributed by atoms with E-state index < -0.39 is 0 Å². The van der Waals surface area contributed by atoms with Crippen LogP contribution in [0, 0.1) is 5.82 Å². The molecule has 90 valence electrons. The van der Waals surface area contributed by atoms with Crippen LogP contribution >= 0.6 is 0 Å². The average Bonchev–Trinajstić information content (AvgIpc) is 2.79. The number of halogens is 1. The molecule has 5 heteroatoms. The molecule has 2 rings (SSSR count). The maximum atomic E-state index is 13.7. The molecule has 2 aromatic rings. The number of nitrogens with one attached hydrogen (secondary N) is 1. The summed E-state index contributed by atoms with van der Waals surface area (Å²) in [5, 5.41) is 3.17. The molecule has 1 N–H and O–H groups in total. The Morgan fingerprint density at radius 2 is 2.06 bits per heavy atom. The van der Waals surface area contributed by atoms with Gasteiger partial charge in [0.1, 0.15) is 0 Å². The summed E-state index contributed by atoms with van der Waals surface area (Å²) in [4.78, 5) is 7.83. The first-order valence-electron chi connectivity index (χ1n) is 5.38. The summed E-state index contributed by atoms with van der Waals surface area (Å²) in [5.74, 6) is -0.362. The number of aromatic nitrogens is 3. The van der Waals surface area contributed by atoms with Crippen molar-refractivity contribution in [3.63, 3.8) is 0 Å². The van der Waals surface area contributed by atoms with E-state index in [2.05, 4.69) is 15.3 Å². The maximum Gasteiger partial charge on any atom is 0.165 e. The minimum Gasteiger partial charge on any atom is -0.310 e. The number of pyridine rings is 1. The van der Waals surface area contributed by atoms with Gasteiger partial charge >= 0.3 is 0 Å². The van der Waals surface area contributed by atoms with Crippen molar-refractivity contribution >= 4 is 0 Å². The van der Waals surface area contributed by atoms with E-state index in [0.29, 0.717) is 5.69 Å². The SMILES string of the molecule is CNC(C)(C)c1cncn1-c1ccncc1F. The van der Waals surface area contributed by atoms with Gasteiger partial charge in [-0.2, -0.15) is 0 Å². The Balaban J connectivity index is 2.56. The van der Waals surface area contributed by atoms with Crippen LogP contribution in [0.5, 0.6) is 0 Å².